The SMILES string of the molecule is Cc1ccc(NC(=O)[C@@H](C)Sc2nnc(C[C@@H]3CCS(=O)(=O)C3)o2)cc1F. The zero-order valence-electron chi connectivity index (χ0n) is 14.9. The monoisotopic (exact) mass is 413 g/mol. The lowest BCUT2D eigenvalue weighted by Crippen LogP contribution is -2.22. The lowest BCUT2D eigenvalue weighted by molar-refractivity contribution is -0.115. The van der Waals surface area contributed by atoms with Crippen LogP contribution in [-0.2, 0) is 21.1 Å². The number of thioether (sulfide) groups is 1. The molecular formula is C17H20FN3O4S2. The van der Waals surface area contributed by atoms with E-state index in [1.165, 1.54) is 6.07 Å². The fraction of sp³-hybridized carbons (Fsp3) is 0.471. The van der Waals surface area contributed by atoms with Crippen LogP contribution in [0.5, 0.6) is 0 Å². The second-order valence-corrected chi connectivity index (χ2v) is 10.2. The van der Waals surface area contributed by atoms with Gasteiger partial charge < -0.3 is 9.73 Å². The van der Waals surface area contributed by atoms with Gasteiger partial charge in [0.25, 0.3) is 5.22 Å². The van der Waals surface area contributed by atoms with Crippen molar-refractivity contribution >= 4 is 33.2 Å². The highest BCUT2D eigenvalue weighted by Gasteiger charge is 2.29. The third-order valence-electron chi connectivity index (χ3n) is 4.32. The van der Waals surface area contributed by atoms with Crippen LogP contribution in [0.15, 0.2) is 27.8 Å². The van der Waals surface area contributed by atoms with E-state index < -0.39 is 15.1 Å². The van der Waals surface area contributed by atoms with Gasteiger partial charge in [-0.2, -0.15) is 0 Å². The minimum atomic E-state index is -2.95. The normalized spacial score (nSPS) is 19.7. The number of amides is 1. The number of nitrogens with one attached hydrogen (secondary N) is 1. The van der Waals surface area contributed by atoms with E-state index in [2.05, 4.69) is 15.5 Å². The number of benzene rings is 1. The van der Waals surface area contributed by atoms with Crippen LogP contribution >= 0.6 is 11.8 Å². The Morgan fingerprint density at radius 1 is 1.44 bits per heavy atom. The molecular weight excluding hydrogens is 393 g/mol. The van der Waals surface area contributed by atoms with Crippen LogP contribution in [0.4, 0.5) is 10.1 Å². The number of rotatable bonds is 6. The fourth-order valence-corrected chi connectivity index (χ4v) is 5.33. The van der Waals surface area contributed by atoms with Gasteiger partial charge in [0.2, 0.25) is 11.8 Å². The molecule has 0 radical (unpaired) electrons. The molecule has 0 saturated carbocycles. The predicted octanol–water partition coefficient (Wildman–Crippen LogP) is 2.61. The van der Waals surface area contributed by atoms with Gasteiger partial charge in [0, 0.05) is 12.1 Å². The van der Waals surface area contributed by atoms with Gasteiger partial charge in [-0.3, -0.25) is 4.79 Å². The number of hydrogen-bond donors (Lipinski definition) is 1. The second kappa shape index (κ2) is 7.97. The molecule has 3 rings (SSSR count). The van der Waals surface area contributed by atoms with Crippen LogP contribution in [0.25, 0.3) is 0 Å². The highest BCUT2D eigenvalue weighted by molar-refractivity contribution is 8.00. The molecule has 10 heteroatoms. The molecule has 7 nitrogen and oxygen atoms in total. The number of carbonyl (C=O) groups is 1. The fourth-order valence-electron chi connectivity index (χ4n) is 2.77. The molecule has 1 aliphatic rings. The molecule has 1 aliphatic heterocycles. The Bertz CT molecular complexity index is 945. The van der Waals surface area contributed by atoms with Crippen molar-refractivity contribution in [3.05, 3.63) is 35.5 Å². The molecule has 1 amide bonds. The summed E-state index contributed by atoms with van der Waals surface area (Å²) in [6.45, 7) is 3.32. The Balaban J connectivity index is 1.54. The molecule has 0 bridgehead atoms. The molecule has 27 heavy (non-hydrogen) atoms. The van der Waals surface area contributed by atoms with Gasteiger partial charge >= 0.3 is 0 Å². The molecule has 146 valence electrons. The number of aromatic nitrogens is 2. The second-order valence-electron chi connectivity index (χ2n) is 6.65. The van der Waals surface area contributed by atoms with Crippen LogP contribution in [-0.4, -0.2) is 41.3 Å². The maximum absolute atomic E-state index is 13.6. The molecule has 1 aromatic carbocycles. The van der Waals surface area contributed by atoms with E-state index in [-0.39, 0.29) is 34.4 Å². The molecule has 0 aliphatic carbocycles. The summed E-state index contributed by atoms with van der Waals surface area (Å²) in [5.74, 6) is 0.000280. The van der Waals surface area contributed by atoms with Gasteiger partial charge in [-0.1, -0.05) is 17.8 Å². The quantitative estimate of drug-likeness (QED) is 0.726. The van der Waals surface area contributed by atoms with E-state index in [0.29, 0.717) is 30.0 Å². The van der Waals surface area contributed by atoms with Gasteiger partial charge in [0.1, 0.15) is 5.82 Å². The Morgan fingerprint density at radius 2 is 2.22 bits per heavy atom. The van der Waals surface area contributed by atoms with E-state index in [4.69, 9.17) is 4.42 Å². The summed E-state index contributed by atoms with van der Waals surface area (Å²) in [5, 5.41) is 10.2. The highest BCUT2D eigenvalue weighted by atomic mass is 32.2. The van der Waals surface area contributed by atoms with Crippen molar-refractivity contribution in [2.75, 3.05) is 16.8 Å². The maximum atomic E-state index is 13.6. The number of anilines is 1. The average Bonchev–Trinajstić information content (AvgIpc) is 3.17. The van der Waals surface area contributed by atoms with Gasteiger partial charge in [-0.25, -0.2) is 12.8 Å². The van der Waals surface area contributed by atoms with Crippen molar-refractivity contribution < 1.29 is 22.0 Å². The minimum absolute atomic E-state index is 0.00884. The smallest absolute Gasteiger partial charge is 0.277 e. The van der Waals surface area contributed by atoms with E-state index >= 15 is 0 Å². The summed E-state index contributed by atoms with van der Waals surface area (Å²) in [6, 6.07) is 4.50. The van der Waals surface area contributed by atoms with Crippen molar-refractivity contribution in [3.63, 3.8) is 0 Å². The van der Waals surface area contributed by atoms with Crippen LogP contribution in [0.2, 0.25) is 0 Å². The number of nitrogens with zero attached hydrogens (tertiary/aromatic N) is 2. The molecule has 2 aromatic rings. The van der Waals surface area contributed by atoms with Crippen molar-refractivity contribution in [1.82, 2.24) is 10.2 Å². The van der Waals surface area contributed by atoms with E-state index in [1.54, 1.807) is 26.0 Å². The Labute approximate surface area is 161 Å². The molecule has 2 atom stereocenters. The first kappa shape index (κ1) is 19.8. The van der Waals surface area contributed by atoms with E-state index in [9.17, 15) is 17.6 Å². The maximum Gasteiger partial charge on any atom is 0.277 e. The van der Waals surface area contributed by atoms with Crippen molar-refractivity contribution in [2.45, 2.75) is 37.2 Å². The van der Waals surface area contributed by atoms with Crippen molar-refractivity contribution in [1.29, 1.82) is 0 Å². The standard InChI is InChI=1S/C17H20FN3O4S2/c1-10-3-4-13(8-14(10)18)19-16(22)11(2)26-17-21-20-15(25-17)7-12-5-6-27(23,24)9-12/h3-4,8,11-12H,5-7,9H2,1-2H3,(H,19,22)/t11-,12+/m1/s1. The first-order valence-corrected chi connectivity index (χ1v) is 11.2. The molecule has 1 saturated heterocycles. The number of aryl methyl sites for hydroxylation is 1. The third-order valence-corrected chi connectivity index (χ3v) is 7.10. The Hall–Kier alpha value is -1.94. The Morgan fingerprint density at radius 3 is 2.89 bits per heavy atom. The molecule has 1 fully saturated rings. The molecule has 1 N–H and O–H groups in total. The first-order chi connectivity index (χ1) is 12.7. The third kappa shape index (κ3) is 5.29. The molecule has 0 spiro atoms. The van der Waals surface area contributed by atoms with E-state index in [1.807, 2.05) is 0 Å². The summed E-state index contributed by atoms with van der Waals surface area (Å²) < 4.78 is 42.1. The number of halogens is 1. The number of carbonyl (C=O) groups excluding carboxylic acids is 1. The van der Waals surface area contributed by atoms with Crippen LogP contribution in [0, 0.1) is 18.7 Å². The zero-order valence-corrected chi connectivity index (χ0v) is 16.6. The van der Waals surface area contributed by atoms with Crippen molar-refractivity contribution in [2.24, 2.45) is 5.92 Å². The van der Waals surface area contributed by atoms with Gasteiger partial charge in [0.15, 0.2) is 9.84 Å². The Kier molecular flexibility index (Phi) is 5.85. The summed E-state index contributed by atoms with van der Waals surface area (Å²) in [5.41, 5.74) is 0.882. The van der Waals surface area contributed by atoms with Crippen molar-refractivity contribution in [3.8, 4) is 0 Å². The zero-order chi connectivity index (χ0) is 19.6. The highest BCUT2D eigenvalue weighted by Crippen LogP contribution is 2.26. The van der Waals surface area contributed by atoms with Crippen LogP contribution in [0.1, 0.15) is 24.8 Å². The molecule has 1 aromatic heterocycles. The predicted molar refractivity (Wildman–Crippen MR) is 99.8 cm³/mol. The topological polar surface area (TPSA) is 102 Å². The lowest BCUT2D eigenvalue weighted by Gasteiger charge is -2.10. The van der Waals surface area contributed by atoms with Gasteiger partial charge in [0.05, 0.1) is 16.8 Å². The largest absolute Gasteiger partial charge is 0.416 e. The first-order valence-electron chi connectivity index (χ1n) is 8.48. The van der Waals surface area contributed by atoms with Crippen LogP contribution in [0.3, 0.4) is 0 Å². The summed E-state index contributed by atoms with van der Waals surface area (Å²) in [6.07, 6.45) is 1.01. The average molecular weight is 413 g/mol. The van der Waals surface area contributed by atoms with Gasteiger partial charge in [-0.05, 0) is 43.9 Å². The van der Waals surface area contributed by atoms with E-state index in [0.717, 1.165) is 11.8 Å². The molecule has 0 unspecified atom stereocenters. The number of hydrogen-bond acceptors (Lipinski definition) is 7. The molecule has 2 heterocycles. The number of sulfone groups is 1. The summed E-state index contributed by atoms with van der Waals surface area (Å²) in [4.78, 5) is 12.3. The summed E-state index contributed by atoms with van der Waals surface area (Å²) >= 11 is 1.09. The van der Waals surface area contributed by atoms with Gasteiger partial charge in [-0.15, -0.1) is 10.2 Å². The lowest BCUT2D eigenvalue weighted by atomic mass is 10.1. The summed E-state index contributed by atoms with van der Waals surface area (Å²) in [7, 11) is -2.95. The minimum Gasteiger partial charge on any atom is -0.416 e. The van der Waals surface area contributed by atoms with Crippen LogP contribution < -0.4 is 5.32 Å².